The molecule has 0 unspecified atom stereocenters. The first-order chi connectivity index (χ1) is 13.9. The standard InChI is InChI=1S/C20H16N2O6S/c1-27-15-5-3-4-12(16(15)28-2)10-14-17(23)21-20(29)22(18(14)24)13-8-6-11(7-9-13)19(25)26/h3-10H,1-2H3,(H,25,26)(H,21,23,29)/b14-10+. The molecule has 0 radical (unpaired) electrons. The minimum atomic E-state index is -1.09. The second-order valence-electron chi connectivity index (χ2n) is 5.89. The summed E-state index contributed by atoms with van der Waals surface area (Å²) >= 11 is 5.14. The molecule has 2 N–H and O–H groups in total. The van der Waals surface area contributed by atoms with Crippen molar-refractivity contribution in [1.29, 1.82) is 0 Å². The lowest BCUT2D eigenvalue weighted by atomic mass is 10.1. The third-order valence-corrected chi connectivity index (χ3v) is 4.49. The Balaban J connectivity index is 2.04. The average Bonchev–Trinajstić information content (AvgIpc) is 2.70. The molecule has 0 spiro atoms. The predicted molar refractivity (Wildman–Crippen MR) is 109 cm³/mol. The van der Waals surface area contributed by atoms with E-state index in [1.54, 1.807) is 18.2 Å². The maximum Gasteiger partial charge on any atom is 0.335 e. The van der Waals surface area contributed by atoms with Gasteiger partial charge in [0.25, 0.3) is 11.8 Å². The molecule has 0 aromatic heterocycles. The number of hydrogen-bond acceptors (Lipinski definition) is 6. The fourth-order valence-corrected chi connectivity index (χ4v) is 3.11. The molecule has 2 amide bonds. The van der Waals surface area contributed by atoms with E-state index in [-0.39, 0.29) is 16.2 Å². The van der Waals surface area contributed by atoms with Crippen molar-refractivity contribution in [1.82, 2.24) is 5.32 Å². The number of carbonyl (C=O) groups excluding carboxylic acids is 2. The second kappa shape index (κ2) is 8.11. The Bertz CT molecular complexity index is 1050. The van der Waals surface area contributed by atoms with Crippen LogP contribution in [-0.2, 0) is 9.59 Å². The highest BCUT2D eigenvalue weighted by molar-refractivity contribution is 7.80. The van der Waals surface area contributed by atoms with Gasteiger partial charge in [0.2, 0.25) is 0 Å². The molecule has 8 nitrogen and oxygen atoms in total. The number of carboxylic acids is 1. The van der Waals surface area contributed by atoms with Crippen molar-refractivity contribution in [2.75, 3.05) is 19.1 Å². The number of ether oxygens (including phenoxy) is 2. The number of nitrogens with one attached hydrogen (secondary N) is 1. The van der Waals surface area contributed by atoms with Crippen LogP contribution in [0, 0.1) is 0 Å². The highest BCUT2D eigenvalue weighted by atomic mass is 32.1. The molecular formula is C20H16N2O6S. The Morgan fingerprint density at radius 3 is 2.38 bits per heavy atom. The third-order valence-electron chi connectivity index (χ3n) is 4.21. The highest BCUT2D eigenvalue weighted by Crippen LogP contribution is 2.33. The van der Waals surface area contributed by atoms with Crippen LogP contribution in [0.5, 0.6) is 11.5 Å². The monoisotopic (exact) mass is 412 g/mol. The second-order valence-corrected chi connectivity index (χ2v) is 6.28. The lowest BCUT2D eigenvalue weighted by Crippen LogP contribution is -2.54. The molecule has 0 bridgehead atoms. The molecule has 1 aliphatic heterocycles. The van der Waals surface area contributed by atoms with E-state index in [1.165, 1.54) is 44.6 Å². The zero-order valence-corrected chi connectivity index (χ0v) is 16.3. The Morgan fingerprint density at radius 2 is 1.79 bits per heavy atom. The van der Waals surface area contributed by atoms with Crippen LogP contribution in [0.15, 0.2) is 48.0 Å². The van der Waals surface area contributed by atoms with Gasteiger partial charge in [-0.05, 0) is 48.6 Å². The number of methoxy groups -OCH3 is 2. The van der Waals surface area contributed by atoms with E-state index >= 15 is 0 Å². The van der Waals surface area contributed by atoms with Crippen molar-refractivity contribution in [3.8, 4) is 11.5 Å². The van der Waals surface area contributed by atoms with Crippen LogP contribution >= 0.6 is 12.2 Å². The maximum absolute atomic E-state index is 13.0. The molecule has 1 fully saturated rings. The van der Waals surface area contributed by atoms with Gasteiger partial charge in [-0.3, -0.25) is 19.8 Å². The van der Waals surface area contributed by atoms with Gasteiger partial charge >= 0.3 is 5.97 Å². The lowest BCUT2D eigenvalue weighted by Gasteiger charge is -2.29. The van der Waals surface area contributed by atoms with Crippen molar-refractivity contribution in [2.45, 2.75) is 0 Å². The zero-order chi connectivity index (χ0) is 21.1. The fourth-order valence-electron chi connectivity index (χ4n) is 2.83. The Labute approximate surface area is 171 Å². The Morgan fingerprint density at radius 1 is 1.10 bits per heavy atom. The average molecular weight is 412 g/mol. The third kappa shape index (κ3) is 3.81. The first-order valence-corrected chi connectivity index (χ1v) is 8.74. The van der Waals surface area contributed by atoms with Crippen LogP contribution in [0.3, 0.4) is 0 Å². The van der Waals surface area contributed by atoms with Gasteiger partial charge in [0.15, 0.2) is 16.6 Å². The minimum absolute atomic E-state index is 0.0602. The van der Waals surface area contributed by atoms with Crippen LogP contribution in [0.2, 0.25) is 0 Å². The summed E-state index contributed by atoms with van der Waals surface area (Å²) in [6.45, 7) is 0. The van der Waals surface area contributed by atoms with Gasteiger partial charge in [0.1, 0.15) is 5.57 Å². The van der Waals surface area contributed by atoms with Gasteiger partial charge in [-0.2, -0.15) is 0 Å². The molecule has 29 heavy (non-hydrogen) atoms. The zero-order valence-electron chi connectivity index (χ0n) is 15.5. The van der Waals surface area contributed by atoms with E-state index in [9.17, 15) is 14.4 Å². The number of thiocarbonyl (C=S) groups is 1. The molecule has 148 valence electrons. The number of carboxylic acid groups (broad SMARTS) is 1. The van der Waals surface area contributed by atoms with Crippen LogP contribution in [-0.4, -0.2) is 42.2 Å². The van der Waals surface area contributed by atoms with Gasteiger partial charge in [0, 0.05) is 5.56 Å². The number of anilines is 1. The Kier molecular flexibility index (Phi) is 5.60. The van der Waals surface area contributed by atoms with Crippen molar-refractivity contribution in [3.05, 3.63) is 59.2 Å². The smallest absolute Gasteiger partial charge is 0.335 e. The van der Waals surface area contributed by atoms with Crippen molar-refractivity contribution >= 4 is 46.9 Å². The minimum Gasteiger partial charge on any atom is -0.493 e. The number of hydrogen-bond donors (Lipinski definition) is 2. The van der Waals surface area contributed by atoms with Gasteiger partial charge < -0.3 is 14.6 Å². The topological polar surface area (TPSA) is 105 Å². The fraction of sp³-hybridized carbons (Fsp3) is 0.100. The SMILES string of the molecule is COc1cccc(/C=C2\C(=O)NC(=S)N(c3ccc(C(=O)O)cc3)C2=O)c1OC. The summed E-state index contributed by atoms with van der Waals surface area (Å²) < 4.78 is 10.6. The first-order valence-electron chi connectivity index (χ1n) is 8.33. The molecule has 0 atom stereocenters. The predicted octanol–water partition coefficient (Wildman–Crippen LogP) is 2.23. The van der Waals surface area contributed by atoms with Gasteiger partial charge in [-0.15, -0.1) is 0 Å². The van der Waals surface area contributed by atoms with Crippen LogP contribution in [0.4, 0.5) is 5.69 Å². The summed E-state index contributed by atoms with van der Waals surface area (Å²) in [5.41, 5.74) is 0.699. The van der Waals surface area contributed by atoms with E-state index in [0.29, 0.717) is 22.7 Å². The highest BCUT2D eigenvalue weighted by Gasteiger charge is 2.34. The number of rotatable bonds is 5. The number of benzene rings is 2. The number of nitrogens with zero attached hydrogens (tertiary/aromatic N) is 1. The van der Waals surface area contributed by atoms with E-state index in [2.05, 4.69) is 5.32 Å². The first kappa shape index (κ1) is 20.0. The van der Waals surface area contributed by atoms with Gasteiger partial charge in [0.05, 0.1) is 25.5 Å². The van der Waals surface area contributed by atoms with Crippen molar-refractivity contribution < 1.29 is 29.0 Å². The largest absolute Gasteiger partial charge is 0.493 e. The van der Waals surface area contributed by atoms with E-state index in [1.807, 2.05) is 0 Å². The molecule has 3 rings (SSSR count). The molecule has 1 aliphatic rings. The summed E-state index contributed by atoms with van der Waals surface area (Å²) in [5.74, 6) is -1.58. The summed E-state index contributed by atoms with van der Waals surface area (Å²) in [5, 5.41) is 11.4. The van der Waals surface area contributed by atoms with Crippen LogP contribution < -0.4 is 19.7 Å². The van der Waals surface area contributed by atoms with Gasteiger partial charge in [-0.1, -0.05) is 12.1 Å². The summed E-state index contributed by atoms with van der Waals surface area (Å²) in [4.78, 5) is 37.6. The summed E-state index contributed by atoms with van der Waals surface area (Å²) in [6, 6.07) is 10.6. The summed E-state index contributed by atoms with van der Waals surface area (Å²) in [6.07, 6.45) is 1.39. The molecule has 0 aliphatic carbocycles. The molecular weight excluding hydrogens is 396 g/mol. The maximum atomic E-state index is 13.0. The molecule has 1 saturated heterocycles. The lowest BCUT2D eigenvalue weighted by molar-refractivity contribution is -0.122. The van der Waals surface area contributed by atoms with Crippen molar-refractivity contribution in [3.63, 3.8) is 0 Å². The van der Waals surface area contributed by atoms with Crippen LogP contribution in [0.25, 0.3) is 6.08 Å². The molecule has 2 aromatic carbocycles. The molecule has 0 saturated carbocycles. The van der Waals surface area contributed by atoms with Crippen LogP contribution in [0.1, 0.15) is 15.9 Å². The Hall–Kier alpha value is -3.72. The number of aromatic carboxylic acids is 1. The number of amides is 2. The number of para-hydroxylation sites is 1. The van der Waals surface area contributed by atoms with Crippen molar-refractivity contribution in [2.24, 2.45) is 0 Å². The normalized spacial score (nSPS) is 15.3. The number of carbonyl (C=O) groups is 3. The molecule has 9 heteroatoms. The summed E-state index contributed by atoms with van der Waals surface area (Å²) in [7, 11) is 2.93. The molecule has 1 heterocycles. The quantitative estimate of drug-likeness (QED) is 0.441. The van der Waals surface area contributed by atoms with E-state index < -0.39 is 17.8 Å². The van der Waals surface area contributed by atoms with E-state index in [4.69, 9.17) is 26.8 Å². The van der Waals surface area contributed by atoms with Gasteiger partial charge in [-0.25, -0.2) is 4.79 Å². The van der Waals surface area contributed by atoms with E-state index in [0.717, 1.165) is 4.90 Å². The molecule has 2 aromatic rings.